The summed E-state index contributed by atoms with van der Waals surface area (Å²) in [6.07, 6.45) is 4.26. The molecule has 2 aromatic carbocycles. The van der Waals surface area contributed by atoms with Crippen molar-refractivity contribution in [2.75, 3.05) is 0 Å². The molecule has 0 saturated carbocycles. The number of benzene rings is 2. The van der Waals surface area contributed by atoms with E-state index >= 15 is 0 Å². The number of nitrogens with zero attached hydrogens (tertiary/aromatic N) is 1. The summed E-state index contributed by atoms with van der Waals surface area (Å²) in [6, 6.07) is 11.6. The predicted molar refractivity (Wildman–Crippen MR) is 99.9 cm³/mol. The van der Waals surface area contributed by atoms with Crippen LogP contribution >= 0.6 is 0 Å². The second kappa shape index (κ2) is 7.69. The van der Waals surface area contributed by atoms with Crippen molar-refractivity contribution in [3.63, 3.8) is 0 Å². The number of amides is 1. The highest BCUT2D eigenvalue weighted by Crippen LogP contribution is 2.23. The van der Waals surface area contributed by atoms with Crippen molar-refractivity contribution in [2.45, 2.75) is 9.92 Å². The second-order valence-electron chi connectivity index (χ2n) is 5.79. The van der Waals surface area contributed by atoms with Crippen LogP contribution in [-0.2, 0) is 9.84 Å². The minimum Gasteiger partial charge on any atom is -0.366 e. The maximum atomic E-state index is 13.6. The Morgan fingerprint density at radius 1 is 1.00 bits per heavy atom. The van der Waals surface area contributed by atoms with E-state index in [0.29, 0.717) is 5.56 Å². The minimum absolute atomic E-state index is 0.0705. The van der Waals surface area contributed by atoms with Crippen molar-refractivity contribution in [2.24, 2.45) is 5.73 Å². The van der Waals surface area contributed by atoms with Crippen LogP contribution in [-0.4, -0.2) is 19.3 Å². The highest BCUT2D eigenvalue weighted by molar-refractivity contribution is 7.91. The van der Waals surface area contributed by atoms with Crippen molar-refractivity contribution < 1.29 is 22.0 Å². The molecule has 5 nitrogen and oxygen atoms in total. The number of nitrogens with two attached hydrogens (primary N) is 1. The maximum Gasteiger partial charge on any atom is 0.251 e. The third-order valence-corrected chi connectivity index (χ3v) is 5.63. The summed E-state index contributed by atoms with van der Waals surface area (Å²) in [6.45, 7) is 0. The van der Waals surface area contributed by atoms with Crippen LogP contribution in [0.2, 0.25) is 0 Å². The summed E-state index contributed by atoms with van der Waals surface area (Å²) < 4.78 is 52.1. The zero-order valence-corrected chi connectivity index (χ0v) is 15.2. The van der Waals surface area contributed by atoms with Gasteiger partial charge >= 0.3 is 0 Å². The maximum absolute atomic E-state index is 13.6. The monoisotopic (exact) mass is 400 g/mol. The van der Waals surface area contributed by atoms with Crippen molar-refractivity contribution in [1.29, 1.82) is 0 Å². The average molecular weight is 400 g/mol. The number of aromatic nitrogens is 1. The highest BCUT2D eigenvalue weighted by atomic mass is 32.2. The van der Waals surface area contributed by atoms with Gasteiger partial charge in [-0.3, -0.25) is 4.79 Å². The smallest absolute Gasteiger partial charge is 0.251 e. The van der Waals surface area contributed by atoms with Gasteiger partial charge in [-0.15, -0.1) is 0 Å². The zero-order chi connectivity index (χ0) is 20.3. The number of pyridine rings is 1. The topological polar surface area (TPSA) is 90.1 Å². The van der Waals surface area contributed by atoms with Gasteiger partial charge in [-0.1, -0.05) is 24.3 Å². The Morgan fingerprint density at radius 2 is 1.71 bits per heavy atom. The molecule has 0 unspecified atom stereocenters. The van der Waals surface area contributed by atoms with Crippen molar-refractivity contribution in [1.82, 2.24) is 4.98 Å². The molecule has 3 rings (SSSR count). The van der Waals surface area contributed by atoms with E-state index < -0.39 is 32.4 Å². The Balaban J connectivity index is 1.90. The van der Waals surface area contributed by atoms with E-state index in [9.17, 15) is 22.0 Å². The highest BCUT2D eigenvalue weighted by Gasteiger charge is 2.24. The summed E-state index contributed by atoms with van der Waals surface area (Å²) in [5.41, 5.74) is 5.82. The molecular weight excluding hydrogens is 386 g/mol. The van der Waals surface area contributed by atoms with E-state index in [1.165, 1.54) is 54.7 Å². The molecule has 1 amide bonds. The largest absolute Gasteiger partial charge is 0.366 e. The van der Waals surface area contributed by atoms with Crippen LogP contribution in [0.15, 0.2) is 70.7 Å². The molecule has 2 N–H and O–H groups in total. The van der Waals surface area contributed by atoms with Crippen LogP contribution in [0.3, 0.4) is 0 Å². The fourth-order valence-electron chi connectivity index (χ4n) is 2.48. The van der Waals surface area contributed by atoms with Gasteiger partial charge in [0, 0.05) is 17.8 Å². The summed E-state index contributed by atoms with van der Waals surface area (Å²) in [4.78, 5) is 15.2. The molecule has 0 radical (unpaired) electrons. The van der Waals surface area contributed by atoms with Crippen LogP contribution in [0, 0.1) is 11.6 Å². The van der Waals surface area contributed by atoms with E-state index in [1.54, 1.807) is 6.08 Å². The van der Waals surface area contributed by atoms with Crippen molar-refractivity contribution in [3.05, 3.63) is 89.1 Å². The van der Waals surface area contributed by atoms with Crippen LogP contribution < -0.4 is 5.73 Å². The predicted octanol–water partition coefficient (Wildman–Crippen LogP) is 3.46. The Morgan fingerprint density at radius 3 is 2.36 bits per heavy atom. The molecule has 0 spiro atoms. The van der Waals surface area contributed by atoms with Crippen LogP contribution in [0.1, 0.15) is 21.5 Å². The number of hydrogen-bond donors (Lipinski definition) is 1. The molecule has 0 saturated heterocycles. The zero-order valence-electron chi connectivity index (χ0n) is 14.3. The lowest BCUT2D eigenvalue weighted by molar-refractivity contribution is 0.0996. The number of halogens is 2. The first-order chi connectivity index (χ1) is 13.3. The van der Waals surface area contributed by atoms with Crippen LogP contribution in [0.4, 0.5) is 8.78 Å². The standard InChI is InChI=1S/C20H14F2N2O3S/c21-15-8-7-14(18(22)12-15)6-3-13-4-9-16(10-5-13)28(26,27)20-17(19(23)25)2-1-11-24-20/h1-12H,(H2,23,25)/b6-3+. The molecule has 0 aliphatic rings. The molecule has 8 heteroatoms. The lowest BCUT2D eigenvalue weighted by Gasteiger charge is -2.07. The molecule has 0 fully saturated rings. The molecule has 0 aliphatic carbocycles. The summed E-state index contributed by atoms with van der Waals surface area (Å²) in [7, 11) is -4.05. The molecule has 0 atom stereocenters. The van der Waals surface area contributed by atoms with E-state index in [4.69, 9.17) is 5.73 Å². The van der Waals surface area contributed by atoms with E-state index in [2.05, 4.69) is 4.98 Å². The second-order valence-corrected chi connectivity index (χ2v) is 7.66. The van der Waals surface area contributed by atoms with Gasteiger partial charge in [0.2, 0.25) is 9.84 Å². The van der Waals surface area contributed by atoms with Crippen LogP contribution in [0.25, 0.3) is 12.2 Å². The Bertz CT molecular complexity index is 1170. The molecule has 28 heavy (non-hydrogen) atoms. The van der Waals surface area contributed by atoms with Gasteiger partial charge in [0.05, 0.1) is 10.5 Å². The van der Waals surface area contributed by atoms with Crippen LogP contribution in [0.5, 0.6) is 0 Å². The van der Waals surface area contributed by atoms with Gasteiger partial charge < -0.3 is 5.73 Å². The summed E-state index contributed by atoms with van der Waals surface area (Å²) in [5, 5.41) is -0.417. The minimum atomic E-state index is -4.05. The lowest BCUT2D eigenvalue weighted by atomic mass is 10.1. The number of carbonyl (C=O) groups is 1. The molecule has 1 heterocycles. The first-order valence-corrected chi connectivity index (χ1v) is 9.50. The van der Waals surface area contributed by atoms with Gasteiger partial charge in [-0.25, -0.2) is 22.2 Å². The molecule has 0 aliphatic heterocycles. The molecule has 3 aromatic rings. The summed E-state index contributed by atoms with van der Waals surface area (Å²) in [5.74, 6) is -2.27. The normalized spacial score (nSPS) is 11.6. The third kappa shape index (κ3) is 3.96. The van der Waals surface area contributed by atoms with E-state index in [0.717, 1.165) is 12.1 Å². The van der Waals surface area contributed by atoms with Gasteiger partial charge in [0.25, 0.3) is 5.91 Å². The summed E-state index contributed by atoms with van der Waals surface area (Å²) >= 11 is 0. The fourth-order valence-corrected chi connectivity index (χ4v) is 3.86. The third-order valence-electron chi connectivity index (χ3n) is 3.90. The van der Waals surface area contributed by atoms with Gasteiger partial charge in [0.1, 0.15) is 11.6 Å². The Hall–Kier alpha value is -3.39. The Kier molecular flexibility index (Phi) is 5.32. The quantitative estimate of drug-likeness (QED) is 0.664. The van der Waals surface area contributed by atoms with Gasteiger partial charge in [0.15, 0.2) is 5.03 Å². The number of rotatable bonds is 5. The van der Waals surface area contributed by atoms with E-state index in [1.807, 2.05) is 0 Å². The van der Waals surface area contributed by atoms with Crippen molar-refractivity contribution >= 4 is 27.9 Å². The van der Waals surface area contributed by atoms with Gasteiger partial charge in [-0.05, 0) is 42.0 Å². The van der Waals surface area contributed by atoms with E-state index in [-0.39, 0.29) is 16.0 Å². The number of sulfone groups is 1. The average Bonchev–Trinajstić information content (AvgIpc) is 2.67. The number of carbonyl (C=O) groups excluding carboxylic acids is 1. The molecule has 0 bridgehead atoms. The van der Waals surface area contributed by atoms with Gasteiger partial charge in [-0.2, -0.15) is 0 Å². The molecule has 142 valence electrons. The van der Waals surface area contributed by atoms with Crippen molar-refractivity contribution in [3.8, 4) is 0 Å². The molecular formula is C20H14F2N2O3S. The number of hydrogen-bond acceptors (Lipinski definition) is 4. The Labute approximate surface area is 160 Å². The lowest BCUT2D eigenvalue weighted by Crippen LogP contribution is -2.17. The fraction of sp³-hybridized carbons (Fsp3) is 0. The number of primary amides is 1. The molecule has 1 aromatic heterocycles. The first-order valence-electron chi connectivity index (χ1n) is 8.02. The first kappa shape index (κ1) is 19.4. The SMILES string of the molecule is NC(=O)c1cccnc1S(=O)(=O)c1ccc(/C=C/c2ccc(F)cc2F)cc1.